The first-order valence-corrected chi connectivity index (χ1v) is 6.38. The normalized spacial score (nSPS) is 10.2. The van der Waals surface area contributed by atoms with Crippen LogP contribution in [-0.2, 0) is 0 Å². The van der Waals surface area contributed by atoms with E-state index >= 15 is 0 Å². The SMILES string of the molecule is O=C(CSc1ccc(O)cc1)c1ccccc1O. The van der Waals surface area contributed by atoms with Gasteiger partial charge in [-0.3, -0.25) is 4.79 Å². The minimum atomic E-state index is -0.119. The lowest BCUT2D eigenvalue weighted by Crippen LogP contribution is -2.02. The summed E-state index contributed by atoms with van der Waals surface area (Å²) in [6.45, 7) is 0. The third kappa shape index (κ3) is 3.05. The lowest BCUT2D eigenvalue weighted by Gasteiger charge is -2.03. The molecule has 0 radical (unpaired) electrons. The van der Waals surface area contributed by atoms with Crippen LogP contribution in [0.5, 0.6) is 11.5 Å². The molecule has 4 heteroatoms. The predicted octanol–water partition coefficient (Wildman–Crippen LogP) is 3.07. The summed E-state index contributed by atoms with van der Waals surface area (Å²) in [7, 11) is 0. The van der Waals surface area contributed by atoms with Crippen LogP contribution in [0.1, 0.15) is 10.4 Å². The monoisotopic (exact) mass is 260 g/mol. The Morgan fingerprint density at radius 3 is 2.33 bits per heavy atom. The van der Waals surface area contributed by atoms with Gasteiger partial charge in [0.25, 0.3) is 0 Å². The molecule has 0 aliphatic heterocycles. The van der Waals surface area contributed by atoms with Crippen LogP contribution >= 0.6 is 11.8 Å². The van der Waals surface area contributed by atoms with Gasteiger partial charge in [0.1, 0.15) is 11.5 Å². The molecule has 0 saturated carbocycles. The number of Topliss-reactive ketones (excluding diaryl/α,β-unsaturated/α-hetero) is 1. The number of phenolic OH excluding ortho intramolecular Hbond substituents is 2. The number of aromatic hydroxyl groups is 2. The number of phenols is 2. The maximum atomic E-state index is 11.9. The van der Waals surface area contributed by atoms with Crippen LogP contribution in [0.25, 0.3) is 0 Å². The molecular weight excluding hydrogens is 248 g/mol. The molecule has 92 valence electrons. The Bertz CT molecular complexity index is 549. The van der Waals surface area contributed by atoms with Crippen LogP contribution < -0.4 is 0 Å². The molecule has 0 unspecified atom stereocenters. The van der Waals surface area contributed by atoms with Crippen molar-refractivity contribution in [2.45, 2.75) is 4.90 Å². The highest BCUT2D eigenvalue weighted by molar-refractivity contribution is 8.00. The van der Waals surface area contributed by atoms with Crippen molar-refractivity contribution in [2.24, 2.45) is 0 Å². The third-order valence-corrected chi connectivity index (χ3v) is 3.42. The number of hydrogen-bond acceptors (Lipinski definition) is 4. The summed E-state index contributed by atoms with van der Waals surface area (Å²) < 4.78 is 0. The molecule has 2 N–H and O–H groups in total. The third-order valence-electron chi connectivity index (χ3n) is 2.41. The topological polar surface area (TPSA) is 57.5 Å². The van der Waals surface area contributed by atoms with Crippen LogP contribution in [0.15, 0.2) is 53.4 Å². The van der Waals surface area contributed by atoms with Gasteiger partial charge in [0.05, 0.1) is 11.3 Å². The van der Waals surface area contributed by atoms with Gasteiger partial charge in [-0.1, -0.05) is 12.1 Å². The van der Waals surface area contributed by atoms with Gasteiger partial charge in [-0.05, 0) is 36.4 Å². The smallest absolute Gasteiger partial charge is 0.176 e. The molecule has 0 saturated heterocycles. The number of ketones is 1. The van der Waals surface area contributed by atoms with Crippen molar-refractivity contribution in [3.05, 3.63) is 54.1 Å². The quantitative estimate of drug-likeness (QED) is 0.655. The summed E-state index contributed by atoms with van der Waals surface area (Å²) in [5, 5.41) is 18.7. The lowest BCUT2D eigenvalue weighted by molar-refractivity contribution is 0.102. The summed E-state index contributed by atoms with van der Waals surface area (Å²) >= 11 is 1.37. The van der Waals surface area contributed by atoms with E-state index < -0.39 is 0 Å². The molecule has 0 aliphatic rings. The summed E-state index contributed by atoms with van der Waals surface area (Å²) in [5.41, 5.74) is 0.337. The van der Waals surface area contributed by atoms with Crippen LogP contribution in [0.3, 0.4) is 0 Å². The summed E-state index contributed by atoms with van der Waals surface area (Å²) in [4.78, 5) is 12.8. The molecule has 0 amide bonds. The van der Waals surface area contributed by atoms with Crippen molar-refractivity contribution in [3.8, 4) is 11.5 Å². The Labute approximate surface area is 109 Å². The first-order chi connectivity index (χ1) is 8.66. The van der Waals surface area contributed by atoms with Crippen molar-refractivity contribution in [3.63, 3.8) is 0 Å². The summed E-state index contributed by atoms with van der Waals surface area (Å²) in [6.07, 6.45) is 0. The molecule has 0 aromatic heterocycles. The maximum Gasteiger partial charge on any atom is 0.176 e. The van der Waals surface area contributed by atoms with E-state index in [2.05, 4.69) is 0 Å². The molecule has 18 heavy (non-hydrogen) atoms. The number of benzene rings is 2. The molecule has 0 fully saturated rings. The molecule has 0 heterocycles. The van der Waals surface area contributed by atoms with Crippen LogP contribution in [-0.4, -0.2) is 21.7 Å². The van der Waals surface area contributed by atoms with Gasteiger partial charge in [0.15, 0.2) is 5.78 Å². The fourth-order valence-electron chi connectivity index (χ4n) is 1.48. The average Bonchev–Trinajstić information content (AvgIpc) is 2.38. The minimum absolute atomic E-state index is 0.00815. The number of carbonyl (C=O) groups excluding carboxylic acids is 1. The van der Waals surface area contributed by atoms with E-state index in [0.717, 1.165) is 4.90 Å². The van der Waals surface area contributed by atoms with Gasteiger partial charge in [0, 0.05) is 4.90 Å². The standard InChI is InChI=1S/C14H12O3S/c15-10-5-7-11(8-6-10)18-9-14(17)12-3-1-2-4-13(12)16/h1-8,15-16H,9H2. The largest absolute Gasteiger partial charge is 0.508 e. The Hall–Kier alpha value is -1.94. The van der Waals surface area contributed by atoms with E-state index in [1.807, 2.05) is 0 Å². The number of hydrogen-bond donors (Lipinski definition) is 2. The molecule has 0 bridgehead atoms. The van der Waals surface area contributed by atoms with Gasteiger partial charge >= 0.3 is 0 Å². The van der Waals surface area contributed by atoms with E-state index in [0.29, 0.717) is 5.56 Å². The van der Waals surface area contributed by atoms with Crippen LogP contribution in [0, 0.1) is 0 Å². The lowest BCUT2D eigenvalue weighted by atomic mass is 10.1. The Kier molecular flexibility index (Phi) is 3.89. The van der Waals surface area contributed by atoms with Crippen molar-refractivity contribution in [1.29, 1.82) is 0 Å². The van der Waals surface area contributed by atoms with Gasteiger partial charge in [-0.2, -0.15) is 0 Å². The minimum Gasteiger partial charge on any atom is -0.508 e. The van der Waals surface area contributed by atoms with Crippen molar-refractivity contribution >= 4 is 17.5 Å². The Morgan fingerprint density at radius 2 is 1.67 bits per heavy atom. The van der Waals surface area contributed by atoms with Crippen molar-refractivity contribution in [2.75, 3.05) is 5.75 Å². The molecule has 2 aromatic rings. The van der Waals surface area contributed by atoms with E-state index in [4.69, 9.17) is 5.11 Å². The van der Waals surface area contributed by atoms with Crippen LogP contribution in [0.4, 0.5) is 0 Å². The predicted molar refractivity (Wildman–Crippen MR) is 71.3 cm³/mol. The van der Waals surface area contributed by atoms with E-state index in [1.54, 1.807) is 42.5 Å². The zero-order chi connectivity index (χ0) is 13.0. The van der Waals surface area contributed by atoms with Gasteiger partial charge < -0.3 is 10.2 Å². The highest BCUT2D eigenvalue weighted by Gasteiger charge is 2.10. The molecule has 0 spiro atoms. The first-order valence-electron chi connectivity index (χ1n) is 5.40. The molecular formula is C14H12O3S. The number of carbonyl (C=O) groups is 1. The van der Waals surface area contributed by atoms with Gasteiger partial charge in [0.2, 0.25) is 0 Å². The number of rotatable bonds is 4. The van der Waals surface area contributed by atoms with E-state index in [1.165, 1.54) is 17.8 Å². The fourth-order valence-corrected chi connectivity index (χ4v) is 2.26. The summed E-state index contributed by atoms with van der Waals surface area (Å²) in [5.74, 6) is 0.342. The Balaban J connectivity index is 2.01. The van der Waals surface area contributed by atoms with Crippen molar-refractivity contribution in [1.82, 2.24) is 0 Å². The number of thioether (sulfide) groups is 1. The van der Waals surface area contributed by atoms with Crippen molar-refractivity contribution < 1.29 is 15.0 Å². The molecule has 2 aromatic carbocycles. The van der Waals surface area contributed by atoms with E-state index in [9.17, 15) is 9.90 Å². The molecule has 0 aliphatic carbocycles. The average molecular weight is 260 g/mol. The van der Waals surface area contributed by atoms with Crippen LogP contribution in [0.2, 0.25) is 0 Å². The maximum absolute atomic E-state index is 11.9. The molecule has 3 nitrogen and oxygen atoms in total. The Morgan fingerprint density at radius 1 is 1.00 bits per heavy atom. The van der Waals surface area contributed by atoms with E-state index in [-0.39, 0.29) is 23.0 Å². The highest BCUT2D eigenvalue weighted by atomic mass is 32.2. The first kappa shape index (κ1) is 12.5. The second-order valence-corrected chi connectivity index (χ2v) is 4.77. The second-order valence-electron chi connectivity index (χ2n) is 3.72. The molecule has 0 atom stereocenters. The highest BCUT2D eigenvalue weighted by Crippen LogP contribution is 2.23. The van der Waals surface area contributed by atoms with Gasteiger partial charge in [-0.15, -0.1) is 11.8 Å². The zero-order valence-electron chi connectivity index (χ0n) is 9.54. The summed E-state index contributed by atoms with van der Waals surface area (Å²) in [6, 6.07) is 13.2. The molecule has 2 rings (SSSR count). The van der Waals surface area contributed by atoms with Gasteiger partial charge in [-0.25, -0.2) is 0 Å². The number of para-hydroxylation sites is 1. The fraction of sp³-hybridized carbons (Fsp3) is 0.0714. The zero-order valence-corrected chi connectivity index (χ0v) is 10.4. The second kappa shape index (κ2) is 5.60.